The summed E-state index contributed by atoms with van der Waals surface area (Å²) in [5.41, 5.74) is 3.41. The van der Waals surface area contributed by atoms with E-state index in [1.165, 1.54) is 12.0 Å². The molecule has 3 fully saturated rings. The standard InChI is InChI=1S/C48H49F2N9O7/c1-4-65-41-25-31(7-14-40(41)64-3)38(15-18-51)59-45(61)35-12-8-32(26-37(35)46(59)62)56-21-23-57(24-22-56)42-16-19-55(29-48(42,49)50)28-30-5-9-33(10-6-30)66-34-11-13-36-39(27-34)54(2)53-44(36)58-20-17-43(60)52-47(58)63/h5-14,25-27,38,42H,4,15-17,19-24,28-29H2,1-3H3,(H,52,60,63). The van der Waals surface area contributed by atoms with Crippen LogP contribution in [0.5, 0.6) is 23.0 Å². The van der Waals surface area contributed by atoms with E-state index in [9.17, 15) is 24.4 Å². The van der Waals surface area contributed by atoms with Crippen molar-refractivity contribution in [2.75, 3.05) is 69.3 Å². The number of carbonyl (C=O) groups is 4. The van der Waals surface area contributed by atoms with E-state index in [-0.39, 0.29) is 43.0 Å². The van der Waals surface area contributed by atoms with Gasteiger partial charge in [-0.1, -0.05) is 18.2 Å². The fourth-order valence-electron chi connectivity index (χ4n) is 9.52. The molecule has 9 rings (SSSR count). The van der Waals surface area contributed by atoms with Gasteiger partial charge in [-0.3, -0.25) is 44.0 Å². The number of anilines is 2. The lowest BCUT2D eigenvalue weighted by Crippen LogP contribution is -2.61. The van der Waals surface area contributed by atoms with Crippen LogP contribution in [0.2, 0.25) is 0 Å². The Morgan fingerprint density at radius 1 is 0.879 bits per heavy atom. The van der Waals surface area contributed by atoms with Crippen molar-refractivity contribution in [3.8, 4) is 29.1 Å². The number of ether oxygens (including phenoxy) is 3. The lowest BCUT2D eigenvalue weighted by Gasteiger charge is -2.46. The number of benzene rings is 4. The number of piperazine rings is 1. The van der Waals surface area contributed by atoms with Gasteiger partial charge in [-0.15, -0.1) is 0 Å². The van der Waals surface area contributed by atoms with Crippen LogP contribution in [0.3, 0.4) is 0 Å². The number of rotatable bonds is 13. The van der Waals surface area contributed by atoms with E-state index in [0.717, 1.165) is 27.1 Å². The minimum Gasteiger partial charge on any atom is -0.493 e. The number of alkyl halides is 2. The SMILES string of the molecule is CCOc1cc(C(CC#N)N2C(=O)c3ccc(N4CCN(C5CCN(Cc6ccc(Oc7ccc8c(N9CCC(=O)NC9=O)nn(C)c8c7)cc6)CC5(F)F)CC4)cc3C2=O)ccc1OC. The highest BCUT2D eigenvalue weighted by Gasteiger charge is 2.48. The maximum absolute atomic E-state index is 16.0. The van der Waals surface area contributed by atoms with Gasteiger partial charge in [0.2, 0.25) is 5.91 Å². The van der Waals surface area contributed by atoms with Gasteiger partial charge in [-0.2, -0.15) is 10.4 Å². The number of amides is 5. The first-order valence-electron chi connectivity index (χ1n) is 22.0. The summed E-state index contributed by atoms with van der Waals surface area (Å²) in [6.45, 7) is 4.70. The van der Waals surface area contributed by atoms with Crippen LogP contribution in [0.4, 0.5) is 25.1 Å². The number of nitrogens with zero attached hydrogens (tertiary/aromatic N) is 8. The van der Waals surface area contributed by atoms with Crippen LogP contribution in [0, 0.1) is 11.3 Å². The molecular weight excluding hydrogens is 853 g/mol. The van der Waals surface area contributed by atoms with E-state index in [1.807, 2.05) is 48.2 Å². The number of urea groups is 1. The molecule has 0 saturated carbocycles. The van der Waals surface area contributed by atoms with Crippen LogP contribution in [0.25, 0.3) is 10.9 Å². The van der Waals surface area contributed by atoms with Crippen LogP contribution >= 0.6 is 0 Å². The fraction of sp³-hybridized carbons (Fsp3) is 0.375. The number of methoxy groups -OCH3 is 1. The monoisotopic (exact) mass is 901 g/mol. The zero-order valence-corrected chi connectivity index (χ0v) is 36.8. The van der Waals surface area contributed by atoms with Crippen molar-refractivity contribution in [2.24, 2.45) is 7.05 Å². The van der Waals surface area contributed by atoms with E-state index < -0.39 is 35.9 Å². The molecule has 1 aromatic heterocycles. The Labute approximate surface area is 379 Å². The number of likely N-dealkylation sites (tertiary alicyclic amines) is 1. The van der Waals surface area contributed by atoms with Crippen LogP contribution in [-0.4, -0.2) is 120 Å². The largest absolute Gasteiger partial charge is 0.493 e. The number of carbonyl (C=O) groups excluding carboxylic acids is 4. The third-order valence-electron chi connectivity index (χ3n) is 12.8. The minimum absolute atomic E-state index is 0.115. The van der Waals surface area contributed by atoms with Crippen molar-refractivity contribution in [2.45, 2.75) is 50.7 Å². The lowest BCUT2D eigenvalue weighted by atomic mass is 9.97. The van der Waals surface area contributed by atoms with Crippen LogP contribution < -0.4 is 29.3 Å². The summed E-state index contributed by atoms with van der Waals surface area (Å²) in [5.74, 6) is -1.72. The van der Waals surface area contributed by atoms with E-state index in [0.29, 0.717) is 86.7 Å². The molecule has 4 aliphatic rings. The second-order valence-corrected chi connectivity index (χ2v) is 16.9. The number of halogens is 2. The van der Waals surface area contributed by atoms with Gasteiger partial charge in [0.05, 0.1) is 61.5 Å². The second-order valence-electron chi connectivity index (χ2n) is 16.9. The van der Waals surface area contributed by atoms with Gasteiger partial charge < -0.3 is 19.1 Å². The summed E-state index contributed by atoms with van der Waals surface area (Å²) in [7, 11) is 3.28. The molecule has 4 aliphatic heterocycles. The van der Waals surface area contributed by atoms with Crippen molar-refractivity contribution in [3.63, 3.8) is 0 Å². The Hall–Kier alpha value is -7.10. The predicted molar refractivity (Wildman–Crippen MR) is 239 cm³/mol. The van der Waals surface area contributed by atoms with Crippen molar-refractivity contribution < 1.29 is 42.2 Å². The maximum atomic E-state index is 16.0. The zero-order chi connectivity index (χ0) is 46.3. The zero-order valence-electron chi connectivity index (χ0n) is 36.8. The average Bonchev–Trinajstić information content (AvgIpc) is 3.76. The number of nitriles is 1. The summed E-state index contributed by atoms with van der Waals surface area (Å²) in [4.78, 5) is 60.0. The average molecular weight is 902 g/mol. The summed E-state index contributed by atoms with van der Waals surface area (Å²) in [5, 5.41) is 17.3. The third kappa shape index (κ3) is 8.47. The molecule has 5 aromatic rings. The number of hydrogen-bond donors (Lipinski definition) is 1. The second kappa shape index (κ2) is 18.1. The highest BCUT2D eigenvalue weighted by atomic mass is 19.3. The van der Waals surface area contributed by atoms with Crippen LogP contribution in [-0.2, 0) is 18.4 Å². The summed E-state index contributed by atoms with van der Waals surface area (Å²) in [6, 6.07) is 22.9. The summed E-state index contributed by atoms with van der Waals surface area (Å²) < 4.78 is 50.8. The highest BCUT2D eigenvalue weighted by Crippen LogP contribution is 2.40. The molecule has 0 radical (unpaired) electrons. The molecule has 4 aromatic carbocycles. The lowest BCUT2D eigenvalue weighted by molar-refractivity contribution is -0.129. The van der Waals surface area contributed by atoms with Gasteiger partial charge in [0, 0.05) is 76.4 Å². The molecule has 0 spiro atoms. The molecule has 16 nitrogen and oxygen atoms in total. The van der Waals surface area contributed by atoms with Gasteiger partial charge in [0.1, 0.15) is 11.5 Å². The molecular formula is C48H49F2N9O7. The molecule has 2 atom stereocenters. The number of nitrogens with one attached hydrogen (secondary N) is 1. The van der Waals surface area contributed by atoms with E-state index >= 15 is 8.78 Å². The fourth-order valence-corrected chi connectivity index (χ4v) is 9.52. The topological polar surface area (TPSA) is 166 Å². The first-order chi connectivity index (χ1) is 31.8. The van der Waals surface area contributed by atoms with Crippen LogP contribution in [0.15, 0.2) is 78.9 Å². The molecule has 66 heavy (non-hydrogen) atoms. The Morgan fingerprint density at radius 2 is 1.64 bits per heavy atom. The molecule has 18 heteroatoms. The number of fused-ring (bicyclic) bond motifs is 2. The molecule has 5 amide bonds. The summed E-state index contributed by atoms with van der Waals surface area (Å²) in [6.07, 6.45) is 0.383. The molecule has 3 saturated heterocycles. The number of aryl methyl sites for hydroxylation is 1. The molecule has 0 bridgehead atoms. The Kier molecular flexibility index (Phi) is 12.1. The maximum Gasteiger partial charge on any atom is 0.329 e. The highest BCUT2D eigenvalue weighted by molar-refractivity contribution is 6.22. The van der Waals surface area contributed by atoms with Crippen LogP contribution in [0.1, 0.15) is 64.1 Å². The van der Waals surface area contributed by atoms with Crippen molar-refractivity contribution in [1.29, 1.82) is 5.26 Å². The number of aromatic nitrogens is 2. The minimum atomic E-state index is -2.94. The Bertz CT molecular complexity index is 2750. The number of imide groups is 2. The Balaban J connectivity index is 0.786. The van der Waals surface area contributed by atoms with Crippen molar-refractivity contribution in [1.82, 2.24) is 29.8 Å². The summed E-state index contributed by atoms with van der Waals surface area (Å²) >= 11 is 0. The van der Waals surface area contributed by atoms with Crippen molar-refractivity contribution in [3.05, 3.63) is 101 Å². The molecule has 2 unspecified atom stereocenters. The van der Waals surface area contributed by atoms with Gasteiger partial charge in [-0.05, 0) is 79.1 Å². The molecule has 0 aliphatic carbocycles. The van der Waals surface area contributed by atoms with E-state index in [1.54, 1.807) is 59.1 Å². The normalized spacial score (nSPS) is 19.5. The van der Waals surface area contributed by atoms with Gasteiger partial charge in [0.15, 0.2) is 17.3 Å². The van der Waals surface area contributed by atoms with Crippen molar-refractivity contribution >= 4 is 46.2 Å². The number of hydrogen-bond acceptors (Lipinski definition) is 12. The molecule has 1 N–H and O–H groups in total. The first-order valence-corrected chi connectivity index (χ1v) is 22.0. The molecule has 5 heterocycles. The number of piperidine rings is 1. The predicted octanol–water partition coefficient (Wildman–Crippen LogP) is 6.50. The van der Waals surface area contributed by atoms with Gasteiger partial charge >= 0.3 is 6.03 Å². The van der Waals surface area contributed by atoms with E-state index in [2.05, 4.69) is 21.4 Å². The van der Waals surface area contributed by atoms with E-state index in [4.69, 9.17) is 14.2 Å². The first kappa shape index (κ1) is 44.1. The third-order valence-corrected chi connectivity index (χ3v) is 12.8. The van der Waals surface area contributed by atoms with Gasteiger partial charge in [0.25, 0.3) is 17.7 Å². The van der Waals surface area contributed by atoms with Gasteiger partial charge in [-0.25, -0.2) is 13.6 Å². The molecule has 342 valence electrons. The quantitative estimate of drug-likeness (QED) is 0.128. The smallest absolute Gasteiger partial charge is 0.329 e. The Morgan fingerprint density at radius 3 is 2.35 bits per heavy atom.